The van der Waals surface area contributed by atoms with Gasteiger partial charge in [-0.15, -0.1) is 0 Å². The monoisotopic (exact) mass is 792 g/mol. The number of carboxylic acids is 1. The highest BCUT2D eigenvalue weighted by molar-refractivity contribution is 5.94. The molecular formula is C46H68N2O9. The van der Waals surface area contributed by atoms with Gasteiger partial charge < -0.3 is 35.1 Å². The zero-order chi connectivity index (χ0) is 41.7. The second-order valence-electron chi connectivity index (χ2n) is 19.6. The average molecular weight is 793 g/mol. The highest BCUT2D eigenvalue weighted by atomic mass is 16.6. The summed E-state index contributed by atoms with van der Waals surface area (Å²) in [7, 11) is 1.56. The van der Waals surface area contributed by atoms with Gasteiger partial charge in [0.25, 0.3) is 5.91 Å². The van der Waals surface area contributed by atoms with E-state index in [2.05, 4.69) is 59.9 Å². The van der Waals surface area contributed by atoms with E-state index in [0.29, 0.717) is 69.1 Å². The van der Waals surface area contributed by atoms with Crippen LogP contribution in [-0.2, 0) is 28.6 Å². The SMILES string of the molecule is COc1cccc(C(=O)NCCCCC(N)C(=O)O[C@H]2[C@H](OC(C)=O)C[C@@]34COC[C@@]2(C)[C@@H]3CC[C@H]2C4=CC[C@@]3(C)[C@H](C(=O)O)[C@@](C)([C@H](C)C(C)C)CC[C@]23C)c1. The van der Waals surface area contributed by atoms with E-state index < -0.39 is 58.3 Å². The van der Waals surface area contributed by atoms with Crippen LogP contribution in [0, 0.1) is 56.7 Å². The summed E-state index contributed by atoms with van der Waals surface area (Å²) in [6, 6.07) is 6.07. The Kier molecular flexibility index (Phi) is 12.1. The maximum absolute atomic E-state index is 13.7. The minimum atomic E-state index is -0.885. The predicted molar refractivity (Wildman–Crippen MR) is 216 cm³/mol. The first-order valence-electron chi connectivity index (χ1n) is 21.4. The number of aliphatic carboxylic acids is 1. The summed E-state index contributed by atoms with van der Waals surface area (Å²) in [6.07, 6.45) is 7.25. The topological polar surface area (TPSA) is 163 Å². The molecule has 1 heterocycles. The number of carbonyl (C=O) groups excluding carboxylic acids is 3. The number of unbranched alkanes of at least 4 members (excludes halogenated alkanes) is 1. The van der Waals surface area contributed by atoms with Gasteiger partial charge in [-0.3, -0.25) is 19.2 Å². The molecule has 1 saturated heterocycles. The molecule has 11 heteroatoms. The van der Waals surface area contributed by atoms with Crippen molar-refractivity contribution in [2.24, 2.45) is 62.4 Å². The van der Waals surface area contributed by atoms with Crippen molar-refractivity contribution in [2.75, 3.05) is 26.9 Å². The lowest BCUT2D eigenvalue weighted by Gasteiger charge is -2.71. The van der Waals surface area contributed by atoms with E-state index >= 15 is 0 Å². The molecule has 0 spiro atoms. The lowest BCUT2D eigenvalue weighted by atomic mass is 9.34. The van der Waals surface area contributed by atoms with Crippen molar-refractivity contribution < 1.29 is 43.2 Å². The molecule has 1 aliphatic heterocycles. The Morgan fingerprint density at radius 1 is 1.00 bits per heavy atom. The molecular weight excluding hydrogens is 725 g/mol. The quantitative estimate of drug-likeness (QED) is 0.105. The number of esters is 2. The summed E-state index contributed by atoms with van der Waals surface area (Å²) in [5.74, 6) is -0.864. The summed E-state index contributed by atoms with van der Waals surface area (Å²) in [5, 5.41) is 13.9. The van der Waals surface area contributed by atoms with Crippen LogP contribution in [0.15, 0.2) is 35.9 Å². The zero-order valence-electron chi connectivity index (χ0n) is 35.8. The third-order valence-electron chi connectivity index (χ3n) is 16.5. The summed E-state index contributed by atoms with van der Waals surface area (Å²) in [6.45, 7) is 18.3. The minimum absolute atomic E-state index is 0.105. The lowest BCUT2D eigenvalue weighted by molar-refractivity contribution is -0.263. The Bertz CT molecular complexity index is 1740. The van der Waals surface area contributed by atoms with Crippen LogP contribution in [0.4, 0.5) is 0 Å². The standard InChI is InChI=1S/C46H68N2O9/c1-27(2)28(3)42(5)20-21-44(7)32-16-17-36-43(6)25-55-26-46(36,33(32)18-19-45(44,8)37(42)40(51)52)24-35(56-29(4)49)38(43)57-41(53)34(47)15-10-11-22-48-39(50)30-13-12-14-31(23-30)54-9/h12-14,18,23,27-28,32,34-38H,10-11,15-17,19-22,24-26,47H2,1-9H3,(H,48,50)(H,51,52)/t28-,32+,34?,35-,36+,37-,38+,42-,43+,44-,45+,46+/m1/s1. The fourth-order valence-electron chi connectivity index (χ4n) is 13.0. The third-order valence-corrected chi connectivity index (χ3v) is 16.5. The molecule has 3 saturated carbocycles. The number of nitrogens with two attached hydrogens (primary N) is 1. The molecule has 57 heavy (non-hydrogen) atoms. The molecule has 6 rings (SSSR count). The van der Waals surface area contributed by atoms with E-state index in [9.17, 15) is 24.3 Å². The van der Waals surface area contributed by atoms with Gasteiger partial charge in [0.05, 0.1) is 26.2 Å². The van der Waals surface area contributed by atoms with Crippen LogP contribution < -0.4 is 15.8 Å². The molecule has 2 bridgehead atoms. The van der Waals surface area contributed by atoms with Gasteiger partial charge in [0.15, 0.2) is 0 Å². The summed E-state index contributed by atoms with van der Waals surface area (Å²) in [5.41, 5.74) is 6.15. The fourth-order valence-corrected chi connectivity index (χ4v) is 13.0. The molecule has 11 nitrogen and oxygen atoms in total. The number of hydrogen-bond donors (Lipinski definition) is 3. The number of allylic oxidation sites excluding steroid dienone is 1. The lowest BCUT2D eigenvalue weighted by Crippen LogP contribution is -2.70. The number of carboxylic acid groups (broad SMARTS) is 1. The van der Waals surface area contributed by atoms with Crippen LogP contribution in [0.25, 0.3) is 0 Å². The van der Waals surface area contributed by atoms with E-state index in [4.69, 9.17) is 24.7 Å². The van der Waals surface area contributed by atoms with Gasteiger partial charge in [-0.2, -0.15) is 0 Å². The van der Waals surface area contributed by atoms with E-state index in [1.165, 1.54) is 12.5 Å². The molecule has 4 aliphatic carbocycles. The number of nitrogens with one attached hydrogen (secondary N) is 1. The molecule has 316 valence electrons. The number of fused-ring (bicyclic) bond motifs is 3. The van der Waals surface area contributed by atoms with Crippen LogP contribution >= 0.6 is 0 Å². The zero-order valence-corrected chi connectivity index (χ0v) is 35.8. The summed E-state index contributed by atoms with van der Waals surface area (Å²) >= 11 is 0. The van der Waals surface area contributed by atoms with Crippen molar-refractivity contribution in [1.82, 2.24) is 5.32 Å². The predicted octanol–water partition coefficient (Wildman–Crippen LogP) is 7.35. The third kappa shape index (κ3) is 7.20. The summed E-state index contributed by atoms with van der Waals surface area (Å²) in [4.78, 5) is 52.5. The molecule has 1 unspecified atom stereocenters. The van der Waals surface area contributed by atoms with Crippen LogP contribution in [-0.4, -0.2) is 74.0 Å². The maximum Gasteiger partial charge on any atom is 0.323 e. The number of hydrogen-bond acceptors (Lipinski definition) is 9. The highest BCUT2D eigenvalue weighted by Crippen LogP contribution is 2.75. The average Bonchev–Trinajstić information content (AvgIpc) is 3.15. The van der Waals surface area contributed by atoms with Gasteiger partial charge in [-0.1, -0.05) is 66.2 Å². The van der Waals surface area contributed by atoms with Crippen LogP contribution in [0.1, 0.15) is 124 Å². The highest BCUT2D eigenvalue weighted by Gasteiger charge is 2.72. The molecule has 5 aliphatic rings. The molecule has 1 aromatic rings. The number of carbonyl (C=O) groups is 4. The van der Waals surface area contributed by atoms with Crippen LogP contribution in [0.3, 0.4) is 0 Å². The van der Waals surface area contributed by atoms with Crippen LogP contribution in [0.2, 0.25) is 0 Å². The van der Waals surface area contributed by atoms with E-state index in [1.807, 2.05) is 0 Å². The van der Waals surface area contributed by atoms with E-state index in [-0.39, 0.29) is 34.5 Å². The Morgan fingerprint density at radius 3 is 2.40 bits per heavy atom. The number of rotatable bonds is 13. The minimum Gasteiger partial charge on any atom is -0.497 e. The van der Waals surface area contributed by atoms with E-state index in [1.54, 1.807) is 31.4 Å². The normalized spacial score (nSPS) is 37.9. The Balaban J connectivity index is 1.19. The first-order chi connectivity index (χ1) is 26.8. The van der Waals surface area contributed by atoms with Crippen molar-refractivity contribution >= 4 is 23.8 Å². The molecule has 12 atom stereocenters. The molecule has 1 aromatic carbocycles. The largest absolute Gasteiger partial charge is 0.497 e. The first-order valence-corrected chi connectivity index (χ1v) is 21.4. The molecule has 1 amide bonds. The van der Waals surface area contributed by atoms with Gasteiger partial charge in [-0.25, -0.2) is 0 Å². The van der Waals surface area contributed by atoms with Crippen molar-refractivity contribution in [3.63, 3.8) is 0 Å². The summed E-state index contributed by atoms with van der Waals surface area (Å²) < 4.78 is 24.2. The smallest absolute Gasteiger partial charge is 0.323 e. The van der Waals surface area contributed by atoms with Gasteiger partial charge in [0.1, 0.15) is 24.0 Å². The van der Waals surface area contributed by atoms with Crippen molar-refractivity contribution in [2.45, 2.75) is 131 Å². The van der Waals surface area contributed by atoms with Gasteiger partial charge in [-0.05, 0) is 116 Å². The Morgan fingerprint density at radius 2 is 1.74 bits per heavy atom. The second kappa shape index (κ2) is 16.0. The van der Waals surface area contributed by atoms with Gasteiger partial charge >= 0.3 is 17.9 Å². The second-order valence-corrected chi connectivity index (χ2v) is 19.6. The number of amides is 1. The Hall–Kier alpha value is -3.44. The van der Waals surface area contributed by atoms with Gasteiger partial charge in [0, 0.05) is 29.9 Å². The molecule has 0 radical (unpaired) electrons. The van der Waals surface area contributed by atoms with Crippen LogP contribution in [0.5, 0.6) is 5.75 Å². The van der Waals surface area contributed by atoms with E-state index in [0.717, 1.165) is 25.7 Å². The number of methoxy groups -OCH3 is 1. The maximum atomic E-state index is 13.7. The fraction of sp³-hybridized carbons (Fsp3) is 0.739. The van der Waals surface area contributed by atoms with Crippen molar-refractivity contribution in [1.29, 1.82) is 0 Å². The Labute approximate surface area is 339 Å². The van der Waals surface area contributed by atoms with Gasteiger partial charge in [0.2, 0.25) is 0 Å². The molecule has 4 fully saturated rings. The first kappa shape index (κ1) is 43.1. The molecule has 0 aromatic heterocycles. The van der Waals surface area contributed by atoms with Crippen molar-refractivity contribution in [3.05, 3.63) is 41.5 Å². The number of benzene rings is 1. The number of ether oxygens (including phenoxy) is 4. The van der Waals surface area contributed by atoms with Crippen molar-refractivity contribution in [3.8, 4) is 5.75 Å². The molecule has 4 N–H and O–H groups in total.